The predicted molar refractivity (Wildman–Crippen MR) is 151 cm³/mol. The van der Waals surface area contributed by atoms with Gasteiger partial charge in [-0.15, -0.1) is 24.8 Å². The van der Waals surface area contributed by atoms with Crippen molar-refractivity contribution in [3.8, 4) is 11.5 Å². The lowest BCUT2D eigenvalue weighted by Gasteiger charge is -2.28. The van der Waals surface area contributed by atoms with E-state index in [0.717, 1.165) is 68.8 Å². The zero-order chi connectivity index (χ0) is 26.2. The van der Waals surface area contributed by atoms with Crippen molar-refractivity contribution in [1.82, 2.24) is 9.80 Å². The van der Waals surface area contributed by atoms with Crippen molar-refractivity contribution in [1.29, 1.82) is 0 Å². The number of ether oxygens (including phenoxy) is 1. The molecule has 0 radical (unpaired) electrons. The number of aromatic carboxylic acids is 2. The molecular weight excluding hydrogens is 527 g/mol. The van der Waals surface area contributed by atoms with Crippen LogP contribution in [0.5, 0.6) is 11.5 Å². The predicted octanol–water partition coefficient (Wildman–Crippen LogP) is 3.50. The van der Waals surface area contributed by atoms with Crippen molar-refractivity contribution >= 4 is 36.8 Å². The first-order valence-corrected chi connectivity index (χ1v) is 13.2. The van der Waals surface area contributed by atoms with Crippen molar-refractivity contribution in [2.75, 3.05) is 39.3 Å². The topological polar surface area (TPSA) is 96.0 Å². The van der Waals surface area contributed by atoms with E-state index in [9.17, 15) is 19.8 Å². The highest BCUT2D eigenvalue weighted by Crippen LogP contribution is 2.41. The quantitative estimate of drug-likeness (QED) is 0.294. The molecule has 2 aromatic rings. The number of carbonyl (C=O) groups is 2. The molecule has 0 saturated heterocycles. The molecule has 0 N–H and O–H groups in total. The first kappa shape index (κ1) is 33.7. The smallest absolute Gasteiger partial charge is 0.131 e. The number of hydrogen-bond donors (Lipinski definition) is 0. The standard InChI is InChI=1S/C29H40N2O5.2ClH/c1-5-30(6-2)15-9-11-20-19-26-24(18-22-17-21(28(32)33)13-14-25(22)36-26)23(27(20)29(34)35)12-10-16-31(7-3)8-4;;/h13-14,17,19H,5-12,15-16,18H2,1-4H3,(H,32,33)(H,34,35);2*1H/p-2. The van der Waals surface area contributed by atoms with Crippen LogP contribution < -0.4 is 14.9 Å². The van der Waals surface area contributed by atoms with E-state index < -0.39 is 11.9 Å². The van der Waals surface area contributed by atoms with Crippen LogP contribution in [-0.4, -0.2) is 61.0 Å². The summed E-state index contributed by atoms with van der Waals surface area (Å²) in [6.07, 6.45) is 3.27. The number of hydrogen-bond acceptors (Lipinski definition) is 7. The molecule has 1 aliphatic rings. The highest BCUT2D eigenvalue weighted by molar-refractivity contribution is 5.91. The molecule has 7 nitrogen and oxygen atoms in total. The van der Waals surface area contributed by atoms with Crippen molar-refractivity contribution in [2.45, 2.75) is 59.8 Å². The van der Waals surface area contributed by atoms with Crippen LogP contribution in [0.2, 0.25) is 0 Å². The van der Waals surface area contributed by atoms with Gasteiger partial charge in [0, 0.05) is 17.5 Å². The number of benzene rings is 2. The van der Waals surface area contributed by atoms with Crippen molar-refractivity contribution in [3.05, 3.63) is 57.6 Å². The molecular formula is C29H40Cl2N2O5-2. The zero-order valence-corrected chi connectivity index (χ0v) is 24.5. The van der Waals surface area contributed by atoms with Crippen LogP contribution >= 0.6 is 24.8 Å². The fourth-order valence-electron chi connectivity index (χ4n) is 5.13. The fraction of sp³-hybridized carbons (Fsp3) is 0.517. The summed E-state index contributed by atoms with van der Waals surface area (Å²) in [6.45, 7) is 14.0. The van der Waals surface area contributed by atoms with Gasteiger partial charge in [-0.2, -0.15) is 0 Å². The molecule has 212 valence electrons. The van der Waals surface area contributed by atoms with Crippen molar-refractivity contribution < 1.29 is 24.5 Å². The van der Waals surface area contributed by atoms with E-state index in [4.69, 9.17) is 4.74 Å². The second kappa shape index (κ2) is 15.9. The second-order valence-corrected chi connectivity index (χ2v) is 9.30. The summed E-state index contributed by atoms with van der Waals surface area (Å²) in [7, 11) is 0. The van der Waals surface area contributed by atoms with Gasteiger partial charge in [0.1, 0.15) is 11.5 Å². The Balaban J connectivity index is 0.00000361. The molecule has 0 unspecified atom stereocenters. The monoisotopic (exact) mass is 566 g/mol. The Labute approximate surface area is 239 Å². The summed E-state index contributed by atoms with van der Waals surface area (Å²) in [5, 5.41) is 23.9. The summed E-state index contributed by atoms with van der Waals surface area (Å²) < 4.78 is 6.22. The van der Waals surface area contributed by atoms with Gasteiger partial charge in [-0.3, -0.25) is 0 Å². The Hall–Kier alpha value is -2.32. The average Bonchev–Trinajstić information content (AvgIpc) is 2.87. The Kier molecular flexibility index (Phi) is 14.1. The minimum absolute atomic E-state index is 0. The van der Waals surface area contributed by atoms with Gasteiger partial charge in [-0.05, 0) is 111 Å². The molecule has 2 aromatic carbocycles. The van der Waals surface area contributed by atoms with E-state index in [0.29, 0.717) is 36.3 Å². The summed E-state index contributed by atoms with van der Waals surface area (Å²) in [5.41, 5.74) is 3.38. The van der Waals surface area contributed by atoms with Crippen LogP contribution in [0.25, 0.3) is 0 Å². The molecule has 38 heavy (non-hydrogen) atoms. The molecule has 0 atom stereocenters. The third-order valence-electron chi connectivity index (χ3n) is 7.29. The number of carbonyl (C=O) groups excluding carboxylic acids is 2. The van der Waals surface area contributed by atoms with Gasteiger partial charge < -0.3 is 34.3 Å². The van der Waals surface area contributed by atoms with E-state index >= 15 is 0 Å². The molecule has 1 heterocycles. The van der Waals surface area contributed by atoms with Crippen LogP contribution in [-0.2, 0) is 19.3 Å². The maximum atomic E-state index is 12.5. The average molecular weight is 568 g/mol. The lowest BCUT2D eigenvalue weighted by Crippen LogP contribution is -2.29. The number of fused-ring (bicyclic) bond motifs is 2. The molecule has 1 aliphatic heterocycles. The van der Waals surface area contributed by atoms with E-state index in [2.05, 4.69) is 37.5 Å². The maximum absolute atomic E-state index is 12.5. The van der Waals surface area contributed by atoms with Gasteiger partial charge in [-0.25, -0.2) is 0 Å². The van der Waals surface area contributed by atoms with Gasteiger partial charge in [0.2, 0.25) is 0 Å². The van der Waals surface area contributed by atoms with Crippen molar-refractivity contribution in [2.24, 2.45) is 0 Å². The Morgan fingerprint density at radius 2 is 1.39 bits per heavy atom. The van der Waals surface area contributed by atoms with E-state index in [1.807, 2.05) is 6.07 Å². The largest absolute Gasteiger partial charge is 0.545 e. The molecule has 0 aromatic heterocycles. The summed E-state index contributed by atoms with van der Waals surface area (Å²) in [5.74, 6) is -1.16. The molecule has 0 fully saturated rings. The highest BCUT2D eigenvalue weighted by Gasteiger charge is 2.25. The molecule has 0 bridgehead atoms. The summed E-state index contributed by atoms with van der Waals surface area (Å²) in [6, 6.07) is 6.54. The molecule has 0 spiro atoms. The fourth-order valence-corrected chi connectivity index (χ4v) is 5.13. The van der Waals surface area contributed by atoms with Gasteiger partial charge in [0.25, 0.3) is 0 Å². The maximum Gasteiger partial charge on any atom is 0.131 e. The number of rotatable bonds is 14. The first-order valence-electron chi connectivity index (χ1n) is 13.2. The van der Waals surface area contributed by atoms with Crippen LogP contribution in [0, 0.1) is 0 Å². The van der Waals surface area contributed by atoms with Crippen LogP contribution in [0.1, 0.15) is 83.5 Å². The normalized spacial score (nSPS) is 11.7. The summed E-state index contributed by atoms with van der Waals surface area (Å²) >= 11 is 0. The molecule has 0 saturated carbocycles. The third-order valence-corrected chi connectivity index (χ3v) is 7.29. The second-order valence-electron chi connectivity index (χ2n) is 9.30. The number of aryl methyl sites for hydroxylation is 1. The van der Waals surface area contributed by atoms with Gasteiger partial charge in [-0.1, -0.05) is 27.7 Å². The minimum atomic E-state index is -1.25. The third kappa shape index (κ3) is 8.09. The Bertz CT molecular complexity index is 1090. The zero-order valence-electron chi connectivity index (χ0n) is 22.8. The number of nitrogens with zero attached hydrogens (tertiary/aromatic N) is 2. The van der Waals surface area contributed by atoms with E-state index in [1.54, 1.807) is 12.1 Å². The van der Waals surface area contributed by atoms with Crippen LogP contribution in [0.15, 0.2) is 24.3 Å². The van der Waals surface area contributed by atoms with Gasteiger partial charge in [0.15, 0.2) is 0 Å². The van der Waals surface area contributed by atoms with Gasteiger partial charge in [0.05, 0.1) is 11.9 Å². The number of halogens is 2. The van der Waals surface area contributed by atoms with Crippen LogP contribution in [0.4, 0.5) is 0 Å². The van der Waals surface area contributed by atoms with Crippen LogP contribution in [0.3, 0.4) is 0 Å². The van der Waals surface area contributed by atoms with E-state index in [-0.39, 0.29) is 35.9 Å². The highest BCUT2D eigenvalue weighted by atomic mass is 35.5. The Morgan fingerprint density at radius 3 is 1.92 bits per heavy atom. The Morgan fingerprint density at radius 1 is 0.816 bits per heavy atom. The minimum Gasteiger partial charge on any atom is -0.545 e. The molecule has 0 aliphatic carbocycles. The van der Waals surface area contributed by atoms with Gasteiger partial charge >= 0.3 is 0 Å². The number of carboxylic acids is 2. The summed E-state index contributed by atoms with van der Waals surface area (Å²) in [4.78, 5) is 28.5. The SMILES string of the molecule is CCN(CC)CCCc1cc2c(c(CCCN(CC)CC)c1C(=O)[O-])Cc1cc(C(=O)[O-])ccc1O2.Cl.Cl. The molecule has 0 amide bonds. The lowest BCUT2D eigenvalue weighted by molar-refractivity contribution is -0.256. The molecule has 3 rings (SSSR count). The number of carboxylic acid groups (broad SMARTS) is 2. The first-order chi connectivity index (χ1) is 17.3. The lowest BCUT2D eigenvalue weighted by atomic mass is 9.86. The van der Waals surface area contributed by atoms with E-state index in [1.165, 1.54) is 6.07 Å². The van der Waals surface area contributed by atoms with Crippen molar-refractivity contribution in [3.63, 3.8) is 0 Å². The molecule has 9 heteroatoms.